The van der Waals surface area contributed by atoms with E-state index in [9.17, 15) is 14.7 Å². The molecule has 0 spiro atoms. The number of hydrogen-bond donors (Lipinski definition) is 4. The third-order valence-electron chi connectivity index (χ3n) is 8.17. The summed E-state index contributed by atoms with van der Waals surface area (Å²) in [6, 6.07) is 22.1. The molecule has 4 bridgehead atoms. The maximum absolute atomic E-state index is 13.1. The predicted octanol–water partition coefficient (Wildman–Crippen LogP) is 6.57. The van der Waals surface area contributed by atoms with Crippen LogP contribution >= 0.6 is 0 Å². The molecule has 6 nitrogen and oxygen atoms in total. The Balaban J connectivity index is 1.08. The zero-order chi connectivity index (χ0) is 24.7. The van der Waals surface area contributed by atoms with Crippen molar-refractivity contribution in [2.45, 2.75) is 44.1 Å². The average molecular weight is 482 g/mol. The quantitative estimate of drug-likeness (QED) is 0.306. The maximum Gasteiger partial charge on any atom is 0.337 e. The first-order chi connectivity index (χ1) is 17.4. The molecule has 6 heteroatoms. The second kappa shape index (κ2) is 9.01. The van der Waals surface area contributed by atoms with Crippen LogP contribution in [-0.4, -0.2) is 22.5 Å². The van der Waals surface area contributed by atoms with Gasteiger partial charge >= 0.3 is 5.97 Å². The van der Waals surface area contributed by atoms with E-state index in [-0.39, 0.29) is 17.0 Å². The van der Waals surface area contributed by atoms with Crippen LogP contribution in [0.2, 0.25) is 0 Å². The molecule has 3 aromatic carbocycles. The molecule has 1 amide bonds. The number of amides is 1. The van der Waals surface area contributed by atoms with E-state index in [1.165, 1.54) is 19.3 Å². The van der Waals surface area contributed by atoms with Gasteiger partial charge in [0.15, 0.2) is 0 Å². The van der Waals surface area contributed by atoms with Gasteiger partial charge in [-0.2, -0.15) is 0 Å². The van der Waals surface area contributed by atoms with Crippen molar-refractivity contribution in [2.75, 3.05) is 10.6 Å². The Labute approximate surface area is 211 Å². The molecule has 4 fully saturated rings. The van der Waals surface area contributed by atoms with Crippen LogP contribution in [0.15, 0.2) is 72.8 Å². The standard InChI is InChI=1S/C30H31N3O3/c34-28(33-30-16-19-13-20(17-30)15-21(14-19)18-30)22-5-7-23(8-6-22)31-24-9-11-25(12-10-24)32-27-4-2-1-3-26(27)29(35)36/h1-12,19-21,31-32H,13-18H2,(H,33,34)(H,35,36). The lowest BCUT2D eigenvalue weighted by atomic mass is 9.53. The molecular weight excluding hydrogens is 450 g/mol. The number of rotatable bonds is 7. The third kappa shape index (κ3) is 4.55. The van der Waals surface area contributed by atoms with Crippen LogP contribution in [0.3, 0.4) is 0 Å². The molecule has 36 heavy (non-hydrogen) atoms. The molecule has 3 aromatic rings. The largest absolute Gasteiger partial charge is 0.478 e. The Morgan fingerprint density at radius 3 is 1.75 bits per heavy atom. The Bertz CT molecular complexity index is 1250. The molecule has 0 saturated heterocycles. The lowest BCUT2D eigenvalue weighted by Crippen LogP contribution is -2.59. The van der Waals surface area contributed by atoms with Gasteiger partial charge in [0.1, 0.15) is 0 Å². The van der Waals surface area contributed by atoms with Crippen LogP contribution in [0, 0.1) is 17.8 Å². The van der Waals surface area contributed by atoms with Crippen molar-refractivity contribution in [1.29, 1.82) is 0 Å². The lowest BCUT2D eigenvalue weighted by molar-refractivity contribution is -0.0167. The highest BCUT2D eigenvalue weighted by atomic mass is 16.4. The van der Waals surface area contributed by atoms with Crippen molar-refractivity contribution in [3.63, 3.8) is 0 Å². The topological polar surface area (TPSA) is 90.5 Å². The predicted molar refractivity (Wildman–Crippen MR) is 141 cm³/mol. The van der Waals surface area contributed by atoms with E-state index in [0.29, 0.717) is 11.3 Å². The van der Waals surface area contributed by atoms with Crippen LogP contribution in [-0.2, 0) is 0 Å². The van der Waals surface area contributed by atoms with Crippen LogP contribution in [0.5, 0.6) is 0 Å². The summed E-state index contributed by atoms with van der Waals surface area (Å²) in [4.78, 5) is 24.5. The number of nitrogens with one attached hydrogen (secondary N) is 3. The summed E-state index contributed by atoms with van der Waals surface area (Å²) in [7, 11) is 0. The van der Waals surface area contributed by atoms with Gasteiger partial charge in [-0.1, -0.05) is 12.1 Å². The number of para-hydroxylation sites is 1. The van der Waals surface area contributed by atoms with Gasteiger partial charge in [-0.3, -0.25) is 4.79 Å². The first kappa shape index (κ1) is 22.7. The van der Waals surface area contributed by atoms with Gasteiger partial charge in [-0.05, 0) is 117 Å². The molecule has 0 radical (unpaired) electrons. The number of carboxylic acids is 1. The van der Waals surface area contributed by atoms with Crippen LogP contribution in [0.1, 0.15) is 59.2 Å². The Hall–Kier alpha value is -3.80. The second-order valence-corrected chi connectivity index (χ2v) is 10.9. The fourth-order valence-corrected chi connectivity index (χ4v) is 7.02. The van der Waals surface area contributed by atoms with Gasteiger partial charge in [0, 0.05) is 28.2 Å². The summed E-state index contributed by atoms with van der Waals surface area (Å²) in [5, 5.41) is 19.3. The SMILES string of the molecule is O=C(NC12CC3CC(CC(C3)C1)C2)c1ccc(Nc2ccc(Nc3ccccc3C(=O)O)cc2)cc1. The molecule has 4 N–H and O–H groups in total. The van der Waals surface area contributed by atoms with Crippen molar-refractivity contribution >= 4 is 34.6 Å². The Morgan fingerprint density at radius 1 is 0.694 bits per heavy atom. The van der Waals surface area contributed by atoms with Crippen LogP contribution in [0.4, 0.5) is 22.7 Å². The first-order valence-electron chi connectivity index (χ1n) is 12.8. The lowest BCUT2D eigenvalue weighted by Gasteiger charge is -2.56. The highest BCUT2D eigenvalue weighted by Crippen LogP contribution is 2.55. The van der Waals surface area contributed by atoms with Crippen molar-refractivity contribution in [1.82, 2.24) is 5.32 Å². The maximum atomic E-state index is 13.1. The molecular formula is C30H31N3O3. The highest BCUT2D eigenvalue weighted by Gasteiger charge is 2.51. The van der Waals surface area contributed by atoms with Crippen LogP contribution < -0.4 is 16.0 Å². The van der Waals surface area contributed by atoms with E-state index >= 15 is 0 Å². The Morgan fingerprint density at radius 2 is 1.19 bits per heavy atom. The van der Waals surface area contributed by atoms with E-state index in [2.05, 4.69) is 16.0 Å². The fraction of sp³-hybridized carbons (Fsp3) is 0.333. The minimum atomic E-state index is -0.966. The van der Waals surface area contributed by atoms with Gasteiger partial charge in [0.2, 0.25) is 0 Å². The fourth-order valence-electron chi connectivity index (χ4n) is 7.02. The van der Waals surface area contributed by atoms with Gasteiger partial charge in [0.25, 0.3) is 5.91 Å². The van der Waals surface area contributed by atoms with E-state index in [0.717, 1.165) is 54.1 Å². The molecule has 4 aliphatic carbocycles. The molecule has 0 aliphatic heterocycles. The van der Waals surface area contributed by atoms with E-state index in [4.69, 9.17) is 0 Å². The second-order valence-electron chi connectivity index (χ2n) is 10.9. The van der Waals surface area contributed by atoms with Gasteiger partial charge in [-0.25, -0.2) is 4.79 Å². The number of anilines is 4. The van der Waals surface area contributed by atoms with E-state index < -0.39 is 5.97 Å². The summed E-state index contributed by atoms with van der Waals surface area (Å²) >= 11 is 0. The number of aromatic carboxylic acids is 1. The van der Waals surface area contributed by atoms with E-state index in [1.807, 2.05) is 48.5 Å². The number of carboxylic acid groups (broad SMARTS) is 1. The normalized spacial score (nSPS) is 25.8. The zero-order valence-electron chi connectivity index (χ0n) is 20.2. The molecule has 7 rings (SSSR count). The van der Waals surface area contributed by atoms with Gasteiger partial charge in [0.05, 0.1) is 11.3 Å². The van der Waals surface area contributed by atoms with Gasteiger partial charge in [-0.15, -0.1) is 0 Å². The molecule has 0 unspecified atom stereocenters. The van der Waals surface area contributed by atoms with Gasteiger partial charge < -0.3 is 21.1 Å². The van der Waals surface area contributed by atoms with Crippen molar-refractivity contribution in [2.24, 2.45) is 17.8 Å². The molecule has 4 aliphatic rings. The molecule has 0 atom stereocenters. The number of benzene rings is 3. The third-order valence-corrected chi connectivity index (χ3v) is 8.17. The smallest absolute Gasteiger partial charge is 0.337 e. The van der Waals surface area contributed by atoms with E-state index in [1.54, 1.807) is 24.3 Å². The summed E-state index contributed by atoms with van der Waals surface area (Å²) in [6.45, 7) is 0. The minimum absolute atomic E-state index is 0.0174. The van der Waals surface area contributed by atoms with Crippen molar-refractivity contribution < 1.29 is 14.7 Å². The summed E-state index contributed by atoms with van der Waals surface area (Å²) in [5.74, 6) is 1.48. The molecule has 0 aromatic heterocycles. The monoisotopic (exact) mass is 481 g/mol. The number of carbonyl (C=O) groups is 2. The number of hydrogen-bond acceptors (Lipinski definition) is 4. The molecule has 184 valence electrons. The summed E-state index contributed by atoms with van der Waals surface area (Å²) in [5.41, 5.74) is 4.10. The highest BCUT2D eigenvalue weighted by molar-refractivity contribution is 5.96. The van der Waals surface area contributed by atoms with Crippen molar-refractivity contribution in [3.8, 4) is 0 Å². The minimum Gasteiger partial charge on any atom is -0.478 e. The number of carbonyl (C=O) groups excluding carboxylic acids is 1. The molecule has 4 saturated carbocycles. The first-order valence-corrected chi connectivity index (χ1v) is 12.8. The molecule has 0 heterocycles. The Kier molecular flexibility index (Phi) is 5.67. The van der Waals surface area contributed by atoms with Crippen LogP contribution in [0.25, 0.3) is 0 Å². The summed E-state index contributed by atoms with van der Waals surface area (Å²) in [6.07, 6.45) is 7.54. The zero-order valence-corrected chi connectivity index (χ0v) is 20.2. The van der Waals surface area contributed by atoms with Crippen molar-refractivity contribution in [3.05, 3.63) is 83.9 Å². The average Bonchev–Trinajstić information content (AvgIpc) is 2.85. The summed E-state index contributed by atoms with van der Waals surface area (Å²) < 4.78 is 0.